The minimum absolute atomic E-state index is 0.106. The first kappa shape index (κ1) is 17.2. The maximum absolute atomic E-state index is 14.1. The first-order valence-electron chi connectivity index (χ1n) is 7.95. The summed E-state index contributed by atoms with van der Waals surface area (Å²) >= 11 is 0. The van der Waals surface area contributed by atoms with Crippen LogP contribution in [0.25, 0.3) is 11.3 Å². The highest BCUT2D eigenvalue weighted by Crippen LogP contribution is 2.31. The Labute approximate surface area is 150 Å². The monoisotopic (exact) mass is 349 g/mol. The maximum Gasteiger partial charge on any atom is 0.413 e. The molecule has 1 heterocycles. The summed E-state index contributed by atoms with van der Waals surface area (Å²) in [6.45, 7) is 1.80. The van der Waals surface area contributed by atoms with E-state index in [-0.39, 0.29) is 18.0 Å². The number of anilines is 1. The number of carbonyl (C=O) groups excluding carboxylic acids is 1. The summed E-state index contributed by atoms with van der Waals surface area (Å²) in [5.74, 6) is -0.235. The number of nitrogens with zero attached hydrogens (tertiary/aromatic N) is 1. The van der Waals surface area contributed by atoms with Crippen molar-refractivity contribution in [2.24, 2.45) is 0 Å². The summed E-state index contributed by atoms with van der Waals surface area (Å²) in [5, 5.41) is 11.9. The molecule has 2 aromatic carbocycles. The van der Waals surface area contributed by atoms with Gasteiger partial charge in [-0.1, -0.05) is 42.5 Å². The number of hydrogen-bond acceptors (Lipinski definition) is 3. The number of hydrogen-bond donors (Lipinski definition) is 2. The molecular formula is C20H16FN3O2. The molecule has 0 saturated carbocycles. The van der Waals surface area contributed by atoms with Crippen LogP contribution in [0.3, 0.4) is 0 Å². The second-order valence-electron chi connectivity index (χ2n) is 5.65. The number of nitriles is 1. The maximum atomic E-state index is 14.1. The zero-order valence-corrected chi connectivity index (χ0v) is 14.0. The molecule has 130 valence electrons. The van der Waals surface area contributed by atoms with E-state index in [0.29, 0.717) is 16.8 Å². The zero-order valence-electron chi connectivity index (χ0n) is 14.0. The van der Waals surface area contributed by atoms with Gasteiger partial charge in [-0.15, -0.1) is 0 Å². The van der Waals surface area contributed by atoms with Gasteiger partial charge in [-0.25, -0.2) is 9.18 Å². The molecule has 6 heteroatoms. The average molecular weight is 349 g/mol. The number of H-pyrrole nitrogens is 1. The van der Waals surface area contributed by atoms with Gasteiger partial charge in [-0.05, 0) is 30.2 Å². The Morgan fingerprint density at radius 3 is 2.58 bits per heavy atom. The van der Waals surface area contributed by atoms with Gasteiger partial charge in [-0.2, -0.15) is 5.26 Å². The summed E-state index contributed by atoms with van der Waals surface area (Å²) in [7, 11) is 0. The number of benzene rings is 2. The van der Waals surface area contributed by atoms with Gasteiger partial charge in [0.1, 0.15) is 24.3 Å². The predicted octanol–water partition coefficient (Wildman–Crippen LogP) is 4.75. The summed E-state index contributed by atoms with van der Waals surface area (Å²) in [6, 6.07) is 17.5. The van der Waals surface area contributed by atoms with Gasteiger partial charge in [0.15, 0.2) is 0 Å². The molecule has 2 N–H and O–H groups in total. The lowest BCUT2D eigenvalue weighted by atomic mass is 10.1. The standard InChI is InChI=1S/C20H16FN3O2/c1-13-16(11-22)19(23-18(13)15-9-5-6-10-17(15)21)24-20(25)26-12-14-7-3-2-4-8-14/h2-10,23H,12H2,1H3,(H,24,25). The highest BCUT2D eigenvalue weighted by Gasteiger charge is 2.19. The number of aromatic nitrogens is 1. The average Bonchev–Trinajstić information content (AvgIpc) is 2.96. The number of rotatable bonds is 4. The van der Waals surface area contributed by atoms with E-state index in [4.69, 9.17) is 4.74 Å². The SMILES string of the molecule is Cc1c(-c2ccccc2F)[nH]c(NC(=O)OCc2ccccc2)c1C#N. The topological polar surface area (TPSA) is 77.9 Å². The Balaban J connectivity index is 1.80. The van der Waals surface area contributed by atoms with Gasteiger partial charge in [0.05, 0.1) is 11.3 Å². The highest BCUT2D eigenvalue weighted by atomic mass is 19.1. The second kappa shape index (κ2) is 7.53. The molecule has 0 fully saturated rings. The third-order valence-electron chi connectivity index (χ3n) is 3.94. The van der Waals surface area contributed by atoms with Gasteiger partial charge in [-0.3, -0.25) is 5.32 Å². The normalized spacial score (nSPS) is 10.2. The molecule has 0 aliphatic carbocycles. The van der Waals surface area contributed by atoms with Crippen LogP contribution in [0.2, 0.25) is 0 Å². The van der Waals surface area contributed by atoms with Crippen molar-refractivity contribution in [2.45, 2.75) is 13.5 Å². The Morgan fingerprint density at radius 1 is 1.19 bits per heavy atom. The van der Waals surface area contributed by atoms with Crippen LogP contribution in [-0.4, -0.2) is 11.1 Å². The largest absolute Gasteiger partial charge is 0.444 e. The zero-order chi connectivity index (χ0) is 18.5. The Hall–Kier alpha value is -3.59. The first-order chi connectivity index (χ1) is 12.6. The minimum atomic E-state index is -0.702. The number of amides is 1. The fourth-order valence-electron chi connectivity index (χ4n) is 2.62. The van der Waals surface area contributed by atoms with Crippen LogP contribution in [0.5, 0.6) is 0 Å². The van der Waals surface area contributed by atoms with Crippen molar-refractivity contribution in [3.05, 3.63) is 77.1 Å². The van der Waals surface area contributed by atoms with Crippen molar-refractivity contribution < 1.29 is 13.9 Å². The summed E-state index contributed by atoms with van der Waals surface area (Å²) < 4.78 is 19.2. The number of nitrogens with one attached hydrogen (secondary N) is 2. The van der Waals surface area contributed by atoms with Crippen LogP contribution in [0.4, 0.5) is 15.0 Å². The van der Waals surface area contributed by atoms with E-state index in [1.54, 1.807) is 25.1 Å². The van der Waals surface area contributed by atoms with E-state index in [9.17, 15) is 14.4 Å². The molecule has 0 atom stereocenters. The molecule has 3 rings (SSSR count). The Morgan fingerprint density at radius 2 is 1.88 bits per heavy atom. The predicted molar refractivity (Wildman–Crippen MR) is 95.9 cm³/mol. The molecule has 1 amide bonds. The van der Waals surface area contributed by atoms with Crippen molar-refractivity contribution in [3.8, 4) is 17.3 Å². The third kappa shape index (κ3) is 3.57. The smallest absolute Gasteiger partial charge is 0.413 e. The van der Waals surface area contributed by atoms with Gasteiger partial charge in [0, 0.05) is 5.56 Å². The molecular weight excluding hydrogens is 333 g/mol. The van der Waals surface area contributed by atoms with Crippen LogP contribution in [0.1, 0.15) is 16.7 Å². The lowest BCUT2D eigenvalue weighted by molar-refractivity contribution is 0.155. The van der Waals surface area contributed by atoms with Crippen molar-refractivity contribution >= 4 is 11.9 Å². The van der Waals surface area contributed by atoms with E-state index in [2.05, 4.69) is 10.3 Å². The number of halogens is 1. The van der Waals surface area contributed by atoms with Crippen molar-refractivity contribution in [1.82, 2.24) is 4.98 Å². The molecule has 0 aliphatic rings. The Kier molecular flexibility index (Phi) is 4.99. The van der Waals surface area contributed by atoms with Crippen LogP contribution in [-0.2, 0) is 11.3 Å². The van der Waals surface area contributed by atoms with Gasteiger partial charge in [0.25, 0.3) is 0 Å². The lowest BCUT2D eigenvalue weighted by Crippen LogP contribution is -2.14. The molecule has 0 unspecified atom stereocenters. The number of aromatic amines is 1. The molecule has 0 spiro atoms. The molecule has 0 aliphatic heterocycles. The van der Waals surface area contributed by atoms with E-state index in [1.807, 2.05) is 36.4 Å². The molecule has 26 heavy (non-hydrogen) atoms. The van der Waals surface area contributed by atoms with Gasteiger partial charge < -0.3 is 9.72 Å². The van der Waals surface area contributed by atoms with Crippen molar-refractivity contribution in [1.29, 1.82) is 5.26 Å². The minimum Gasteiger partial charge on any atom is -0.444 e. The molecule has 1 aromatic heterocycles. The fourth-order valence-corrected chi connectivity index (χ4v) is 2.62. The fraction of sp³-hybridized carbons (Fsp3) is 0.100. The molecule has 0 radical (unpaired) electrons. The summed E-state index contributed by atoms with van der Waals surface area (Å²) in [6.07, 6.45) is -0.702. The van der Waals surface area contributed by atoms with E-state index >= 15 is 0 Å². The highest BCUT2D eigenvalue weighted by molar-refractivity contribution is 5.87. The second-order valence-corrected chi connectivity index (χ2v) is 5.65. The first-order valence-corrected chi connectivity index (χ1v) is 7.95. The Bertz CT molecular complexity index is 974. The van der Waals surface area contributed by atoms with Crippen LogP contribution in [0.15, 0.2) is 54.6 Å². The third-order valence-corrected chi connectivity index (χ3v) is 3.94. The lowest BCUT2D eigenvalue weighted by Gasteiger charge is -2.06. The molecule has 0 bridgehead atoms. The van der Waals surface area contributed by atoms with Crippen molar-refractivity contribution in [3.63, 3.8) is 0 Å². The van der Waals surface area contributed by atoms with E-state index < -0.39 is 11.9 Å². The van der Waals surface area contributed by atoms with Gasteiger partial charge >= 0.3 is 6.09 Å². The summed E-state index contributed by atoms with van der Waals surface area (Å²) in [5.41, 5.74) is 2.40. The summed E-state index contributed by atoms with van der Waals surface area (Å²) in [4.78, 5) is 15.0. The molecule has 5 nitrogen and oxygen atoms in total. The molecule has 3 aromatic rings. The molecule has 0 saturated heterocycles. The quantitative estimate of drug-likeness (QED) is 0.713. The van der Waals surface area contributed by atoms with Crippen molar-refractivity contribution in [2.75, 3.05) is 5.32 Å². The van der Waals surface area contributed by atoms with Gasteiger partial charge in [0.2, 0.25) is 0 Å². The number of ether oxygens (including phenoxy) is 1. The van der Waals surface area contributed by atoms with E-state index in [1.165, 1.54) is 6.07 Å². The van der Waals surface area contributed by atoms with Crippen LogP contribution in [0, 0.1) is 24.1 Å². The number of carbonyl (C=O) groups is 1. The van der Waals surface area contributed by atoms with E-state index in [0.717, 1.165) is 5.56 Å². The van der Waals surface area contributed by atoms with Crippen LogP contribution >= 0.6 is 0 Å². The van der Waals surface area contributed by atoms with Crippen LogP contribution < -0.4 is 5.32 Å².